The molecule has 0 unspecified atom stereocenters. The van der Waals surface area contributed by atoms with E-state index in [1.54, 1.807) is 18.6 Å². The largest absolute Gasteiger partial charge is 0.497 e. The second kappa shape index (κ2) is 9.46. The maximum Gasteiger partial charge on any atom is 0.326 e. The Kier molecular flexibility index (Phi) is 6.75. The second-order valence-corrected chi connectivity index (χ2v) is 6.60. The maximum atomic E-state index is 11.9. The zero-order valence-corrected chi connectivity index (χ0v) is 18.0. The summed E-state index contributed by atoms with van der Waals surface area (Å²) in [5, 5.41) is 0.0408. The van der Waals surface area contributed by atoms with Crippen LogP contribution in [0.1, 0.15) is 25.8 Å². The molecule has 0 bridgehead atoms. The molecule has 0 aliphatic heterocycles. The van der Waals surface area contributed by atoms with Crippen LogP contribution in [0, 0.1) is 11.8 Å². The average molecular weight is 428 g/mol. The summed E-state index contributed by atoms with van der Waals surface area (Å²) >= 11 is 6.21. The van der Waals surface area contributed by atoms with Gasteiger partial charge in [-0.3, -0.25) is 4.79 Å². The normalized spacial score (nSPS) is 10.4. The highest BCUT2D eigenvalue weighted by molar-refractivity contribution is 6.28. The SMILES string of the molecule is CCC#Cc1ccc(OC)cc1N(C)c1nc(Cl)nc2c1ncn2CC(=O)OCC. The Morgan fingerprint density at radius 1 is 1.30 bits per heavy atom. The number of hydrogen-bond acceptors (Lipinski definition) is 7. The standard InChI is InChI=1S/C21H22ClN5O3/c1-5-7-8-14-9-10-15(29-4)11-16(14)26(3)19-18-20(25-21(22)24-19)27(13-23-18)12-17(28)30-6-2/h9-11,13H,5-6,12H2,1-4H3. The molecule has 2 aromatic heterocycles. The van der Waals surface area contributed by atoms with Crippen LogP contribution in [0.5, 0.6) is 5.75 Å². The molecule has 0 aliphatic rings. The van der Waals surface area contributed by atoms with Crippen LogP contribution in [0.15, 0.2) is 24.5 Å². The van der Waals surface area contributed by atoms with Crippen LogP contribution in [0.25, 0.3) is 11.2 Å². The quantitative estimate of drug-likeness (QED) is 0.338. The Balaban J connectivity index is 2.11. The molecule has 0 spiro atoms. The van der Waals surface area contributed by atoms with Crippen molar-refractivity contribution in [2.24, 2.45) is 0 Å². The third kappa shape index (κ3) is 4.47. The van der Waals surface area contributed by atoms with Crippen molar-refractivity contribution in [2.75, 3.05) is 25.7 Å². The van der Waals surface area contributed by atoms with Gasteiger partial charge >= 0.3 is 5.97 Å². The first-order valence-corrected chi connectivity index (χ1v) is 9.80. The van der Waals surface area contributed by atoms with Gasteiger partial charge in [0.05, 0.1) is 25.7 Å². The van der Waals surface area contributed by atoms with Crippen LogP contribution in [-0.4, -0.2) is 46.3 Å². The minimum atomic E-state index is -0.383. The molecule has 30 heavy (non-hydrogen) atoms. The number of benzene rings is 1. The molecule has 1 aromatic carbocycles. The van der Waals surface area contributed by atoms with Gasteiger partial charge in [0.1, 0.15) is 12.3 Å². The predicted octanol–water partition coefficient (Wildman–Crippen LogP) is 3.58. The van der Waals surface area contributed by atoms with Gasteiger partial charge in [0.25, 0.3) is 0 Å². The molecular formula is C21H22ClN5O3. The van der Waals surface area contributed by atoms with Gasteiger partial charge < -0.3 is 18.9 Å². The molecule has 0 N–H and O–H groups in total. The van der Waals surface area contributed by atoms with Crippen LogP contribution in [0.3, 0.4) is 0 Å². The van der Waals surface area contributed by atoms with Crippen molar-refractivity contribution in [1.29, 1.82) is 0 Å². The van der Waals surface area contributed by atoms with Crippen molar-refractivity contribution < 1.29 is 14.3 Å². The third-order valence-corrected chi connectivity index (χ3v) is 4.48. The smallest absolute Gasteiger partial charge is 0.326 e. The molecule has 9 heteroatoms. The molecule has 0 fully saturated rings. The maximum absolute atomic E-state index is 11.9. The molecule has 0 saturated heterocycles. The Morgan fingerprint density at radius 2 is 2.10 bits per heavy atom. The molecular weight excluding hydrogens is 406 g/mol. The first-order chi connectivity index (χ1) is 14.5. The van der Waals surface area contributed by atoms with Gasteiger partial charge in [0, 0.05) is 25.1 Å². The van der Waals surface area contributed by atoms with E-state index in [-0.39, 0.29) is 17.8 Å². The van der Waals surface area contributed by atoms with Gasteiger partial charge in [-0.15, -0.1) is 0 Å². The summed E-state index contributed by atoms with van der Waals surface area (Å²) in [6.07, 6.45) is 2.25. The summed E-state index contributed by atoms with van der Waals surface area (Å²) in [5.74, 6) is 7.04. The Labute approximate surface area is 179 Å². The number of ether oxygens (including phenoxy) is 2. The number of imidazole rings is 1. The molecule has 3 rings (SSSR count). The Morgan fingerprint density at radius 3 is 2.80 bits per heavy atom. The van der Waals surface area contributed by atoms with Gasteiger partial charge in [-0.05, 0) is 30.7 Å². The van der Waals surface area contributed by atoms with E-state index in [9.17, 15) is 4.79 Å². The van der Waals surface area contributed by atoms with Crippen molar-refractivity contribution in [1.82, 2.24) is 19.5 Å². The number of anilines is 2. The highest BCUT2D eigenvalue weighted by Crippen LogP contribution is 2.33. The minimum Gasteiger partial charge on any atom is -0.497 e. The van der Waals surface area contributed by atoms with E-state index >= 15 is 0 Å². The lowest BCUT2D eigenvalue weighted by atomic mass is 10.1. The predicted molar refractivity (Wildman–Crippen MR) is 115 cm³/mol. The number of aromatic nitrogens is 4. The Hall–Kier alpha value is -3.31. The molecule has 0 radical (unpaired) electrons. The van der Waals surface area contributed by atoms with Crippen LogP contribution in [0.4, 0.5) is 11.5 Å². The molecule has 0 saturated carbocycles. The summed E-state index contributed by atoms with van der Waals surface area (Å²) in [6.45, 7) is 4.02. The zero-order valence-electron chi connectivity index (χ0n) is 17.3. The van der Waals surface area contributed by atoms with Gasteiger partial charge in [0.2, 0.25) is 5.28 Å². The summed E-state index contributed by atoms with van der Waals surface area (Å²) in [5.41, 5.74) is 2.54. The highest BCUT2D eigenvalue weighted by atomic mass is 35.5. The van der Waals surface area contributed by atoms with Crippen LogP contribution in [-0.2, 0) is 16.1 Å². The summed E-state index contributed by atoms with van der Waals surface area (Å²) in [6, 6.07) is 5.62. The molecule has 0 amide bonds. The van der Waals surface area contributed by atoms with Gasteiger partial charge in [-0.1, -0.05) is 18.8 Å². The molecule has 2 heterocycles. The molecule has 156 valence electrons. The summed E-state index contributed by atoms with van der Waals surface area (Å²) in [7, 11) is 3.45. The fourth-order valence-electron chi connectivity index (χ4n) is 2.92. The number of carbonyl (C=O) groups excluding carboxylic acids is 1. The average Bonchev–Trinajstić information content (AvgIpc) is 3.13. The summed E-state index contributed by atoms with van der Waals surface area (Å²) in [4.78, 5) is 26.8. The van der Waals surface area contributed by atoms with E-state index in [0.29, 0.717) is 29.3 Å². The van der Waals surface area contributed by atoms with Crippen molar-refractivity contribution in [2.45, 2.75) is 26.8 Å². The number of carbonyl (C=O) groups is 1. The number of rotatable bonds is 6. The van der Waals surface area contributed by atoms with Crippen molar-refractivity contribution in [3.8, 4) is 17.6 Å². The fourth-order valence-corrected chi connectivity index (χ4v) is 3.08. The van der Waals surface area contributed by atoms with Crippen molar-refractivity contribution in [3.05, 3.63) is 35.4 Å². The van der Waals surface area contributed by atoms with Gasteiger partial charge in [-0.2, -0.15) is 9.97 Å². The van der Waals surface area contributed by atoms with Crippen molar-refractivity contribution >= 4 is 40.2 Å². The first-order valence-electron chi connectivity index (χ1n) is 9.43. The summed E-state index contributed by atoms with van der Waals surface area (Å²) < 4.78 is 12.0. The second-order valence-electron chi connectivity index (χ2n) is 6.26. The number of nitrogens with zero attached hydrogens (tertiary/aromatic N) is 5. The van der Waals surface area contributed by atoms with Gasteiger partial charge in [-0.25, -0.2) is 4.98 Å². The molecule has 3 aromatic rings. The number of esters is 1. The molecule has 0 atom stereocenters. The third-order valence-electron chi connectivity index (χ3n) is 4.31. The van der Waals surface area contributed by atoms with E-state index in [1.807, 2.05) is 37.1 Å². The van der Waals surface area contributed by atoms with E-state index in [2.05, 4.69) is 26.8 Å². The molecule has 0 aliphatic carbocycles. The van der Waals surface area contributed by atoms with E-state index in [1.165, 1.54) is 6.33 Å². The highest BCUT2D eigenvalue weighted by Gasteiger charge is 2.20. The number of methoxy groups -OCH3 is 1. The Bertz CT molecular complexity index is 1130. The van der Waals surface area contributed by atoms with E-state index < -0.39 is 0 Å². The van der Waals surface area contributed by atoms with Crippen LogP contribution < -0.4 is 9.64 Å². The first kappa shape index (κ1) is 21.4. The van der Waals surface area contributed by atoms with Gasteiger partial charge in [0.15, 0.2) is 17.0 Å². The monoisotopic (exact) mass is 427 g/mol. The molecule has 8 nitrogen and oxygen atoms in total. The van der Waals surface area contributed by atoms with Crippen molar-refractivity contribution in [3.63, 3.8) is 0 Å². The fraction of sp³-hybridized carbons (Fsp3) is 0.333. The van der Waals surface area contributed by atoms with Crippen LogP contribution >= 0.6 is 11.6 Å². The van der Waals surface area contributed by atoms with E-state index in [4.69, 9.17) is 21.1 Å². The lowest BCUT2D eigenvalue weighted by Crippen LogP contribution is -2.15. The van der Waals surface area contributed by atoms with Crippen LogP contribution in [0.2, 0.25) is 5.28 Å². The van der Waals surface area contributed by atoms with E-state index in [0.717, 1.165) is 17.7 Å². The topological polar surface area (TPSA) is 82.4 Å². The minimum absolute atomic E-state index is 0.0206. The number of halogens is 1. The number of fused-ring (bicyclic) bond motifs is 1. The lowest BCUT2D eigenvalue weighted by Gasteiger charge is -2.21. The lowest BCUT2D eigenvalue weighted by molar-refractivity contribution is -0.143. The number of hydrogen-bond donors (Lipinski definition) is 0. The zero-order chi connectivity index (χ0) is 21.7.